The summed E-state index contributed by atoms with van der Waals surface area (Å²) in [4.78, 5) is 25.8. The lowest BCUT2D eigenvalue weighted by molar-refractivity contribution is -0.135. The van der Waals surface area contributed by atoms with Crippen LogP contribution in [0.3, 0.4) is 0 Å². The molecule has 1 aromatic rings. The summed E-state index contributed by atoms with van der Waals surface area (Å²) in [6.45, 7) is 0.372. The molecule has 1 aromatic carbocycles. The lowest BCUT2D eigenvalue weighted by Crippen LogP contribution is -2.39. The molecule has 3 rings (SSSR count). The highest BCUT2D eigenvalue weighted by molar-refractivity contribution is 7.80. The summed E-state index contributed by atoms with van der Waals surface area (Å²) in [5, 5.41) is 11.3. The Kier molecular flexibility index (Phi) is 7.14. The van der Waals surface area contributed by atoms with E-state index in [4.69, 9.17) is 9.84 Å². The van der Waals surface area contributed by atoms with Crippen LogP contribution in [0.4, 0.5) is 23.7 Å². The second-order valence-corrected chi connectivity index (χ2v) is 7.62. The van der Waals surface area contributed by atoms with E-state index in [0.29, 0.717) is 37.2 Å². The van der Waals surface area contributed by atoms with Crippen molar-refractivity contribution in [2.75, 3.05) is 37.7 Å². The normalized spacial score (nSPS) is 19.9. The Balaban J connectivity index is 1.61. The highest BCUT2D eigenvalue weighted by atomic mass is 32.1. The number of carbonyl (C=O) groups excluding carboxylic acids is 2. The maximum absolute atomic E-state index is 14.8. The lowest BCUT2D eigenvalue weighted by atomic mass is 9.89. The quantitative estimate of drug-likeness (QED) is 0.653. The number of aliphatic hydroxyl groups is 1. The van der Waals surface area contributed by atoms with Gasteiger partial charge < -0.3 is 20.1 Å². The molecule has 0 aliphatic carbocycles. The number of anilines is 1. The predicted molar refractivity (Wildman–Crippen MR) is 106 cm³/mol. The van der Waals surface area contributed by atoms with Crippen LogP contribution in [0.25, 0.3) is 0 Å². The Labute approximate surface area is 176 Å². The first-order chi connectivity index (χ1) is 14.3. The summed E-state index contributed by atoms with van der Waals surface area (Å²) in [5.74, 6) is -0.873. The SMILES string of the molecule is O=C(CO)N1CCC(c2ccc(N3C[C@H](CNC(=S)C(F)F)OC3=O)cc2F)CC1. The molecule has 0 radical (unpaired) electrons. The van der Waals surface area contributed by atoms with Crippen LogP contribution in [0, 0.1) is 5.82 Å². The average molecular weight is 445 g/mol. The third-order valence-corrected chi connectivity index (χ3v) is 5.62. The van der Waals surface area contributed by atoms with Gasteiger partial charge in [0.2, 0.25) is 5.91 Å². The molecule has 1 atom stereocenters. The van der Waals surface area contributed by atoms with Gasteiger partial charge >= 0.3 is 6.09 Å². The molecule has 2 saturated heterocycles. The molecule has 7 nitrogen and oxygen atoms in total. The smallest absolute Gasteiger partial charge is 0.414 e. The van der Waals surface area contributed by atoms with Gasteiger partial charge in [0, 0.05) is 13.1 Å². The van der Waals surface area contributed by atoms with Crippen molar-refractivity contribution in [2.45, 2.75) is 31.3 Å². The second-order valence-electron chi connectivity index (χ2n) is 7.18. The third-order valence-electron chi connectivity index (χ3n) is 5.29. The number of thiocarbonyl (C=S) groups is 1. The van der Waals surface area contributed by atoms with Gasteiger partial charge in [-0.15, -0.1) is 0 Å². The number of amides is 2. The molecule has 2 aliphatic heterocycles. The maximum Gasteiger partial charge on any atom is 0.414 e. The number of nitrogens with one attached hydrogen (secondary N) is 1. The Morgan fingerprint density at radius 3 is 2.63 bits per heavy atom. The van der Waals surface area contributed by atoms with Crippen molar-refractivity contribution in [2.24, 2.45) is 0 Å². The third kappa shape index (κ3) is 5.01. The van der Waals surface area contributed by atoms with Crippen LogP contribution < -0.4 is 10.2 Å². The van der Waals surface area contributed by atoms with Crippen LogP contribution in [-0.2, 0) is 9.53 Å². The van der Waals surface area contributed by atoms with Crippen molar-refractivity contribution in [3.05, 3.63) is 29.6 Å². The minimum atomic E-state index is -2.79. The highest BCUT2D eigenvalue weighted by Gasteiger charge is 2.33. The largest absolute Gasteiger partial charge is 0.442 e. The van der Waals surface area contributed by atoms with Crippen molar-refractivity contribution >= 4 is 34.9 Å². The fourth-order valence-corrected chi connectivity index (χ4v) is 3.77. The van der Waals surface area contributed by atoms with Crippen molar-refractivity contribution in [3.63, 3.8) is 0 Å². The van der Waals surface area contributed by atoms with E-state index in [9.17, 15) is 22.8 Å². The van der Waals surface area contributed by atoms with Crippen molar-refractivity contribution < 1.29 is 32.6 Å². The first kappa shape index (κ1) is 22.3. The number of aliphatic hydroxyl groups excluding tert-OH is 1. The molecule has 0 saturated carbocycles. The molecular formula is C19H22F3N3O4S. The summed E-state index contributed by atoms with van der Waals surface area (Å²) in [6.07, 6.45) is -3.02. The Morgan fingerprint density at radius 1 is 1.33 bits per heavy atom. The van der Waals surface area contributed by atoms with Gasteiger partial charge in [0.25, 0.3) is 6.43 Å². The van der Waals surface area contributed by atoms with Crippen LogP contribution in [-0.4, -0.2) is 72.3 Å². The van der Waals surface area contributed by atoms with Crippen molar-refractivity contribution in [1.29, 1.82) is 0 Å². The molecular weight excluding hydrogens is 423 g/mol. The number of rotatable bonds is 6. The zero-order chi connectivity index (χ0) is 21.8. The van der Waals surface area contributed by atoms with Gasteiger partial charge in [0.15, 0.2) is 0 Å². The van der Waals surface area contributed by atoms with E-state index >= 15 is 0 Å². The van der Waals surface area contributed by atoms with Crippen LogP contribution in [0.2, 0.25) is 0 Å². The molecule has 2 N–H and O–H groups in total. The fraction of sp³-hybridized carbons (Fsp3) is 0.526. The number of alkyl halides is 2. The summed E-state index contributed by atoms with van der Waals surface area (Å²) in [7, 11) is 0. The molecule has 0 aromatic heterocycles. The number of halogens is 3. The van der Waals surface area contributed by atoms with Gasteiger partial charge in [0.1, 0.15) is 23.5 Å². The summed E-state index contributed by atoms with van der Waals surface area (Å²) in [5.41, 5.74) is 0.816. The van der Waals surface area contributed by atoms with Crippen molar-refractivity contribution in [1.82, 2.24) is 10.2 Å². The minimum absolute atomic E-state index is 0.0584. The van der Waals surface area contributed by atoms with E-state index in [1.165, 1.54) is 11.0 Å². The Morgan fingerprint density at radius 2 is 2.03 bits per heavy atom. The highest BCUT2D eigenvalue weighted by Crippen LogP contribution is 2.32. The van der Waals surface area contributed by atoms with Gasteiger partial charge in [-0.05, 0) is 36.5 Å². The number of piperidine rings is 1. The summed E-state index contributed by atoms with van der Waals surface area (Å²) >= 11 is 4.49. The standard InChI is InChI=1S/C19H22F3N3O4S/c20-15-7-12(25-9-13(29-19(25)28)8-23-18(30)17(21)22)1-2-14(15)11-3-5-24(6-4-11)16(27)10-26/h1-2,7,11,13,17,26H,3-6,8-10H2,(H,23,30)/t13-/m0/s1. The van der Waals surface area contributed by atoms with E-state index in [1.54, 1.807) is 17.0 Å². The van der Waals surface area contributed by atoms with Gasteiger partial charge in [0.05, 0.1) is 18.8 Å². The monoisotopic (exact) mass is 445 g/mol. The molecule has 30 heavy (non-hydrogen) atoms. The van der Waals surface area contributed by atoms with Crippen LogP contribution >= 0.6 is 12.2 Å². The molecule has 2 amide bonds. The van der Waals surface area contributed by atoms with Crippen molar-refractivity contribution in [3.8, 4) is 0 Å². The molecule has 2 fully saturated rings. The predicted octanol–water partition coefficient (Wildman–Crippen LogP) is 2.03. The first-order valence-electron chi connectivity index (χ1n) is 9.52. The molecule has 2 heterocycles. The fourth-order valence-electron chi connectivity index (χ4n) is 3.69. The van der Waals surface area contributed by atoms with E-state index in [0.717, 1.165) is 0 Å². The van der Waals surface area contributed by atoms with E-state index in [1.807, 2.05) is 0 Å². The number of carbonyl (C=O) groups is 2. The number of cyclic esters (lactones) is 1. The zero-order valence-corrected chi connectivity index (χ0v) is 16.8. The number of ether oxygens (including phenoxy) is 1. The number of nitrogens with zero attached hydrogens (tertiary/aromatic N) is 2. The average Bonchev–Trinajstić information content (AvgIpc) is 3.12. The molecule has 164 valence electrons. The molecule has 0 spiro atoms. The molecule has 2 aliphatic rings. The van der Waals surface area contributed by atoms with E-state index in [2.05, 4.69) is 17.5 Å². The molecule has 0 bridgehead atoms. The summed E-state index contributed by atoms with van der Waals surface area (Å²) < 4.78 is 44.8. The van der Waals surface area contributed by atoms with Crippen LogP contribution in [0.15, 0.2) is 18.2 Å². The zero-order valence-electron chi connectivity index (χ0n) is 16.0. The van der Waals surface area contributed by atoms with Gasteiger partial charge in [-0.25, -0.2) is 18.0 Å². The van der Waals surface area contributed by atoms with Crippen LogP contribution in [0.1, 0.15) is 24.3 Å². The topological polar surface area (TPSA) is 82.1 Å². The van der Waals surface area contributed by atoms with E-state index in [-0.39, 0.29) is 24.9 Å². The number of benzene rings is 1. The van der Waals surface area contributed by atoms with Crippen LogP contribution in [0.5, 0.6) is 0 Å². The number of hydrogen-bond acceptors (Lipinski definition) is 5. The minimum Gasteiger partial charge on any atom is -0.442 e. The van der Waals surface area contributed by atoms with Gasteiger partial charge in [-0.3, -0.25) is 9.69 Å². The Bertz CT molecular complexity index is 818. The summed E-state index contributed by atoms with van der Waals surface area (Å²) in [6, 6.07) is 4.48. The lowest BCUT2D eigenvalue weighted by Gasteiger charge is -2.32. The van der Waals surface area contributed by atoms with E-state index < -0.39 is 36.0 Å². The molecule has 11 heteroatoms. The number of likely N-dealkylation sites (tertiary alicyclic amines) is 1. The molecule has 0 unspecified atom stereocenters. The van der Waals surface area contributed by atoms with Gasteiger partial charge in [-0.2, -0.15) is 0 Å². The first-order valence-corrected chi connectivity index (χ1v) is 9.93. The Hall–Kier alpha value is -2.40. The maximum atomic E-state index is 14.8. The second kappa shape index (κ2) is 9.61. The van der Waals surface area contributed by atoms with Gasteiger partial charge in [-0.1, -0.05) is 18.3 Å². The number of hydrogen-bond donors (Lipinski definition) is 2.